The van der Waals surface area contributed by atoms with Gasteiger partial charge in [0.25, 0.3) is 0 Å². The minimum Gasteiger partial charge on any atom is -0.288 e. The number of carbonyl (C=O) groups is 1. The van der Waals surface area contributed by atoms with Gasteiger partial charge in [-0.2, -0.15) is 0 Å². The molecule has 1 aliphatic heterocycles. The van der Waals surface area contributed by atoms with E-state index in [-0.39, 0.29) is 5.78 Å². The van der Waals surface area contributed by atoms with Crippen molar-refractivity contribution in [3.05, 3.63) is 11.5 Å². The third-order valence-corrected chi connectivity index (χ3v) is 1.77. The van der Waals surface area contributed by atoms with Gasteiger partial charge in [0.05, 0.1) is 0 Å². The Morgan fingerprint density at radius 1 is 1.71 bits per heavy atom. The number of rotatable bonds is 0. The fourth-order valence-electron chi connectivity index (χ4n) is 0.284. The highest BCUT2D eigenvalue weighted by Gasteiger charge is 2.09. The van der Waals surface area contributed by atoms with Crippen molar-refractivity contribution >= 4 is 34.0 Å². The van der Waals surface area contributed by atoms with E-state index in [1.807, 2.05) is 0 Å². The SMILES string of the molecule is O=C1C=CSC1=S. The molecule has 1 nitrogen and oxygen atoms in total. The second-order valence-corrected chi connectivity index (χ2v) is 2.66. The van der Waals surface area contributed by atoms with Gasteiger partial charge in [-0.1, -0.05) is 24.0 Å². The predicted molar refractivity (Wildman–Crippen MR) is 34.3 cm³/mol. The number of thioether (sulfide) groups is 1. The first-order chi connectivity index (χ1) is 3.30. The van der Waals surface area contributed by atoms with Crippen LogP contribution in [0.25, 0.3) is 0 Å². The second-order valence-electron chi connectivity index (χ2n) is 1.07. The maximum absolute atomic E-state index is 10.3. The van der Waals surface area contributed by atoms with Crippen LogP contribution in [-0.2, 0) is 4.79 Å². The van der Waals surface area contributed by atoms with Gasteiger partial charge in [0.2, 0.25) is 5.78 Å². The topological polar surface area (TPSA) is 17.1 Å². The van der Waals surface area contributed by atoms with Crippen LogP contribution in [0.15, 0.2) is 11.5 Å². The molecule has 36 valence electrons. The van der Waals surface area contributed by atoms with Crippen LogP contribution in [-0.4, -0.2) is 9.98 Å². The predicted octanol–water partition coefficient (Wildman–Crippen LogP) is 1.14. The molecule has 0 bridgehead atoms. The first-order valence-corrected chi connectivity index (χ1v) is 3.01. The van der Waals surface area contributed by atoms with E-state index >= 15 is 0 Å². The highest BCUT2D eigenvalue weighted by atomic mass is 32.2. The van der Waals surface area contributed by atoms with Crippen LogP contribution in [0.2, 0.25) is 0 Å². The number of thiocarbonyl (C=S) groups is 1. The van der Waals surface area contributed by atoms with E-state index in [2.05, 4.69) is 12.2 Å². The molecule has 0 aromatic heterocycles. The molecular weight excluding hydrogens is 128 g/mol. The van der Waals surface area contributed by atoms with Crippen molar-refractivity contribution in [3.8, 4) is 0 Å². The van der Waals surface area contributed by atoms with Crippen molar-refractivity contribution in [2.45, 2.75) is 0 Å². The van der Waals surface area contributed by atoms with Gasteiger partial charge in [0.15, 0.2) is 0 Å². The number of hydrogen-bond acceptors (Lipinski definition) is 3. The molecule has 0 saturated heterocycles. The van der Waals surface area contributed by atoms with Gasteiger partial charge in [-0.3, -0.25) is 4.79 Å². The summed E-state index contributed by atoms with van der Waals surface area (Å²) in [5.41, 5.74) is 0. The third-order valence-electron chi connectivity index (χ3n) is 0.596. The monoisotopic (exact) mass is 130 g/mol. The van der Waals surface area contributed by atoms with Crippen LogP contribution in [0.1, 0.15) is 0 Å². The van der Waals surface area contributed by atoms with E-state index in [4.69, 9.17) is 0 Å². The molecule has 0 atom stereocenters. The molecule has 1 aliphatic rings. The smallest absolute Gasteiger partial charge is 0.203 e. The molecule has 0 fully saturated rings. The number of allylic oxidation sites excluding steroid dienone is 1. The maximum Gasteiger partial charge on any atom is 0.203 e. The van der Waals surface area contributed by atoms with E-state index in [1.165, 1.54) is 17.8 Å². The molecule has 0 unspecified atom stereocenters. The Kier molecular flexibility index (Phi) is 1.25. The lowest BCUT2D eigenvalue weighted by molar-refractivity contribution is -0.108. The minimum atomic E-state index is -0.0278. The summed E-state index contributed by atoms with van der Waals surface area (Å²) in [7, 11) is 0. The number of ketones is 1. The molecule has 0 aromatic carbocycles. The Morgan fingerprint density at radius 2 is 2.43 bits per heavy atom. The van der Waals surface area contributed by atoms with Crippen LogP contribution < -0.4 is 0 Å². The van der Waals surface area contributed by atoms with Crippen LogP contribution in [0.5, 0.6) is 0 Å². The average molecular weight is 130 g/mol. The Morgan fingerprint density at radius 3 is 2.57 bits per heavy atom. The van der Waals surface area contributed by atoms with Gasteiger partial charge >= 0.3 is 0 Å². The van der Waals surface area contributed by atoms with Gasteiger partial charge in [0, 0.05) is 0 Å². The van der Waals surface area contributed by atoms with Crippen molar-refractivity contribution in [1.82, 2.24) is 0 Å². The first-order valence-electron chi connectivity index (χ1n) is 1.72. The highest BCUT2D eigenvalue weighted by molar-refractivity contribution is 8.27. The van der Waals surface area contributed by atoms with Crippen molar-refractivity contribution < 1.29 is 4.79 Å². The van der Waals surface area contributed by atoms with Crippen molar-refractivity contribution in [2.24, 2.45) is 0 Å². The highest BCUT2D eigenvalue weighted by Crippen LogP contribution is 2.13. The van der Waals surface area contributed by atoms with E-state index in [1.54, 1.807) is 5.41 Å². The summed E-state index contributed by atoms with van der Waals surface area (Å²) in [6, 6.07) is 0. The third kappa shape index (κ3) is 0.894. The Balaban J connectivity index is 2.81. The molecule has 0 N–H and O–H groups in total. The number of hydrogen-bond donors (Lipinski definition) is 0. The quantitative estimate of drug-likeness (QED) is 0.458. The molecular formula is C4H2OS2. The summed E-state index contributed by atoms with van der Waals surface area (Å²) in [5.74, 6) is -0.0278. The molecule has 0 aliphatic carbocycles. The van der Waals surface area contributed by atoms with Crippen molar-refractivity contribution in [1.29, 1.82) is 0 Å². The van der Waals surface area contributed by atoms with Crippen LogP contribution in [0.4, 0.5) is 0 Å². The van der Waals surface area contributed by atoms with E-state index < -0.39 is 0 Å². The fraction of sp³-hybridized carbons (Fsp3) is 0. The average Bonchev–Trinajstić information content (AvgIpc) is 1.91. The number of carbonyl (C=O) groups excluding carboxylic acids is 1. The zero-order valence-corrected chi connectivity index (χ0v) is 5.01. The normalized spacial score (nSPS) is 18.9. The van der Waals surface area contributed by atoms with E-state index in [9.17, 15) is 4.79 Å². The van der Waals surface area contributed by atoms with Crippen LogP contribution >= 0.6 is 24.0 Å². The molecule has 0 radical (unpaired) electrons. The zero-order chi connectivity index (χ0) is 5.28. The fourth-order valence-corrected chi connectivity index (χ4v) is 1.02. The molecule has 0 amide bonds. The van der Waals surface area contributed by atoms with E-state index in [0.29, 0.717) is 4.20 Å². The standard InChI is InChI=1S/C4H2OS2/c5-3-1-2-7-4(3)6/h1-2H. The van der Waals surface area contributed by atoms with Crippen molar-refractivity contribution in [2.75, 3.05) is 0 Å². The second kappa shape index (κ2) is 1.76. The lowest BCUT2D eigenvalue weighted by Gasteiger charge is -1.77. The summed E-state index contributed by atoms with van der Waals surface area (Å²) in [6.07, 6.45) is 1.48. The molecule has 3 heteroatoms. The lowest BCUT2D eigenvalue weighted by Crippen LogP contribution is -1.95. The Bertz CT molecular complexity index is 148. The Hall–Kier alpha value is -0.150. The molecule has 7 heavy (non-hydrogen) atoms. The largest absolute Gasteiger partial charge is 0.288 e. The van der Waals surface area contributed by atoms with Gasteiger partial charge < -0.3 is 0 Å². The van der Waals surface area contributed by atoms with Gasteiger partial charge in [-0.15, -0.1) is 0 Å². The summed E-state index contributed by atoms with van der Waals surface area (Å²) in [4.78, 5) is 10.3. The summed E-state index contributed by atoms with van der Waals surface area (Å²) < 4.78 is 0.458. The zero-order valence-electron chi connectivity index (χ0n) is 3.38. The molecule has 0 aromatic rings. The molecule has 1 heterocycles. The summed E-state index contributed by atoms with van der Waals surface area (Å²) in [5, 5.41) is 1.70. The first kappa shape index (κ1) is 5.00. The van der Waals surface area contributed by atoms with E-state index in [0.717, 1.165) is 0 Å². The van der Waals surface area contributed by atoms with Gasteiger partial charge in [0.1, 0.15) is 4.20 Å². The summed E-state index contributed by atoms with van der Waals surface area (Å²) in [6.45, 7) is 0. The van der Waals surface area contributed by atoms with Crippen LogP contribution in [0.3, 0.4) is 0 Å². The minimum absolute atomic E-state index is 0.0278. The van der Waals surface area contributed by atoms with Crippen LogP contribution in [0, 0.1) is 0 Å². The Labute approximate surface area is 50.8 Å². The molecule has 0 saturated carbocycles. The lowest BCUT2D eigenvalue weighted by atomic mass is 10.5. The van der Waals surface area contributed by atoms with Crippen molar-refractivity contribution in [3.63, 3.8) is 0 Å². The maximum atomic E-state index is 10.3. The molecule has 0 spiro atoms. The van der Waals surface area contributed by atoms with Gasteiger partial charge in [-0.05, 0) is 11.5 Å². The summed E-state index contributed by atoms with van der Waals surface area (Å²) >= 11 is 5.90. The molecule has 1 rings (SSSR count). The van der Waals surface area contributed by atoms with Gasteiger partial charge in [-0.25, -0.2) is 0 Å².